The third kappa shape index (κ3) is 4.02. The summed E-state index contributed by atoms with van der Waals surface area (Å²) >= 11 is 6.00. The Labute approximate surface area is 151 Å². The fourth-order valence-corrected chi connectivity index (χ4v) is 3.38. The summed E-state index contributed by atoms with van der Waals surface area (Å²) in [5, 5.41) is 14.3. The van der Waals surface area contributed by atoms with Crippen molar-refractivity contribution in [2.75, 3.05) is 13.1 Å². The molecule has 1 aromatic carbocycles. The number of rotatable bonds is 4. The van der Waals surface area contributed by atoms with Gasteiger partial charge in [-0.3, -0.25) is 14.3 Å². The molecule has 1 N–H and O–H groups in total. The molecule has 7 heteroatoms. The fraction of sp³-hybridized carbons (Fsp3) is 0.389. The Morgan fingerprint density at radius 3 is 2.92 bits per heavy atom. The molecule has 0 aliphatic carbocycles. The van der Waals surface area contributed by atoms with E-state index in [4.69, 9.17) is 11.6 Å². The fourth-order valence-electron chi connectivity index (χ4n) is 3.16. The molecule has 1 atom stereocenters. The summed E-state index contributed by atoms with van der Waals surface area (Å²) in [5.41, 5.74) is 2.16. The van der Waals surface area contributed by atoms with Gasteiger partial charge in [0.2, 0.25) is 0 Å². The molecule has 0 unspecified atom stereocenters. The van der Waals surface area contributed by atoms with Crippen molar-refractivity contribution >= 4 is 23.5 Å². The minimum Gasteiger partial charge on any atom is -0.481 e. The van der Waals surface area contributed by atoms with Crippen LogP contribution in [0.2, 0.25) is 5.02 Å². The number of aryl methyl sites for hydroxylation is 1. The highest BCUT2D eigenvalue weighted by molar-refractivity contribution is 6.30. The Hall–Kier alpha value is -2.34. The van der Waals surface area contributed by atoms with Crippen molar-refractivity contribution in [1.29, 1.82) is 0 Å². The van der Waals surface area contributed by atoms with Crippen molar-refractivity contribution in [3.8, 4) is 0 Å². The summed E-state index contributed by atoms with van der Waals surface area (Å²) in [5.74, 6) is -1.48. The first-order valence-electron chi connectivity index (χ1n) is 8.24. The maximum absolute atomic E-state index is 12.8. The number of likely N-dealkylation sites (tertiary alicyclic amines) is 1. The van der Waals surface area contributed by atoms with Gasteiger partial charge in [-0.1, -0.05) is 23.7 Å². The summed E-state index contributed by atoms with van der Waals surface area (Å²) in [6, 6.07) is 7.50. The predicted octanol–water partition coefficient (Wildman–Crippen LogP) is 2.83. The lowest BCUT2D eigenvalue weighted by Crippen LogP contribution is -2.42. The van der Waals surface area contributed by atoms with E-state index in [2.05, 4.69) is 5.10 Å². The van der Waals surface area contributed by atoms with Crippen molar-refractivity contribution in [2.45, 2.75) is 26.3 Å². The largest absolute Gasteiger partial charge is 0.481 e. The molecule has 0 bridgehead atoms. The number of carbonyl (C=O) groups excluding carboxylic acids is 1. The highest BCUT2D eigenvalue weighted by Crippen LogP contribution is 2.20. The number of carbonyl (C=O) groups is 2. The van der Waals surface area contributed by atoms with E-state index in [9.17, 15) is 14.7 Å². The summed E-state index contributed by atoms with van der Waals surface area (Å²) in [7, 11) is 0. The Bertz CT molecular complexity index is 803. The van der Waals surface area contributed by atoms with Gasteiger partial charge in [-0.15, -0.1) is 0 Å². The summed E-state index contributed by atoms with van der Waals surface area (Å²) in [6.45, 7) is 3.15. The van der Waals surface area contributed by atoms with E-state index in [1.165, 1.54) is 0 Å². The van der Waals surface area contributed by atoms with Crippen LogP contribution in [0.1, 0.15) is 34.5 Å². The molecular formula is C18H20ClN3O3. The number of hydrogen-bond donors (Lipinski definition) is 1. The van der Waals surface area contributed by atoms with Gasteiger partial charge >= 0.3 is 5.97 Å². The van der Waals surface area contributed by atoms with Crippen molar-refractivity contribution in [3.05, 3.63) is 52.3 Å². The molecule has 132 valence electrons. The van der Waals surface area contributed by atoms with E-state index in [-0.39, 0.29) is 12.5 Å². The van der Waals surface area contributed by atoms with Crippen LogP contribution >= 0.6 is 11.6 Å². The predicted molar refractivity (Wildman–Crippen MR) is 93.8 cm³/mol. The zero-order valence-corrected chi connectivity index (χ0v) is 14.7. The molecule has 2 aromatic rings. The zero-order chi connectivity index (χ0) is 18.0. The van der Waals surface area contributed by atoms with Crippen LogP contribution in [0.15, 0.2) is 30.5 Å². The quantitative estimate of drug-likeness (QED) is 0.908. The highest BCUT2D eigenvalue weighted by Gasteiger charge is 2.29. The Kier molecular flexibility index (Phi) is 5.08. The van der Waals surface area contributed by atoms with Gasteiger partial charge in [0, 0.05) is 24.3 Å². The number of carboxylic acid groups (broad SMARTS) is 1. The second-order valence-corrected chi connectivity index (χ2v) is 6.82. The van der Waals surface area contributed by atoms with E-state index < -0.39 is 11.9 Å². The average Bonchev–Trinajstić information content (AvgIpc) is 2.94. The van der Waals surface area contributed by atoms with Crippen LogP contribution in [-0.4, -0.2) is 44.8 Å². The Balaban J connectivity index is 1.75. The van der Waals surface area contributed by atoms with Crippen LogP contribution in [0.3, 0.4) is 0 Å². The monoisotopic (exact) mass is 361 g/mol. The number of carboxylic acids is 1. The van der Waals surface area contributed by atoms with Crippen LogP contribution in [0, 0.1) is 12.8 Å². The second kappa shape index (κ2) is 7.27. The van der Waals surface area contributed by atoms with E-state index in [1.807, 2.05) is 24.3 Å². The maximum Gasteiger partial charge on any atom is 0.308 e. The van der Waals surface area contributed by atoms with Crippen LogP contribution < -0.4 is 0 Å². The van der Waals surface area contributed by atoms with Gasteiger partial charge in [-0.2, -0.15) is 5.10 Å². The first-order valence-corrected chi connectivity index (χ1v) is 8.62. The number of halogens is 1. The Morgan fingerprint density at radius 2 is 2.20 bits per heavy atom. The van der Waals surface area contributed by atoms with Gasteiger partial charge in [-0.25, -0.2) is 0 Å². The molecule has 1 aliphatic rings. The number of aromatic nitrogens is 2. The van der Waals surface area contributed by atoms with Crippen LogP contribution in [0.4, 0.5) is 0 Å². The van der Waals surface area contributed by atoms with E-state index in [1.54, 1.807) is 22.7 Å². The number of nitrogens with zero attached hydrogens (tertiary/aromatic N) is 3. The summed E-state index contributed by atoms with van der Waals surface area (Å²) < 4.78 is 1.72. The molecule has 1 amide bonds. The van der Waals surface area contributed by atoms with Crippen molar-refractivity contribution in [1.82, 2.24) is 14.7 Å². The lowest BCUT2D eigenvalue weighted by atomic mass is 9.98. The number of benzene rings is 1. The lowest BCUT2D eigenvalue weighted by molar-refractivity contribution is -0.143. The molecule has 1 aliphatic heterocycles. The number of piperidine rings is 1. The topological polar surface area (TPSA) is 75.4 Å². The van der Waals surface area contributed by atoms with Gasteiger partial charge in [0.1, 0.15) is 0 Å². The van der Waals surface area contributed by atoms with Gasteiger partial charge in [0.25, 0.3) is 5.91 Å². The normalized spacial score (nSPS) is 17.5. The zero-order valence-electron chi connectivity index (χ0n) is 14.0. The third-order valence-electron chi connectivity index (χ3n) is 4.47. The first-order chi connectivity index (χ1) is 11.9. The molecule has 1 saturated heterocycles. The molecule has 0 radical (unpaired) electrons. The smallest absolute Gasteiger partial charge is 0.308 e. The van der Waals surface area contributed by atoms with E-state index >= 15 is 0 Å². The number of amides is 1. The summed E-state index contributed by atoms with van der Waals surface area (Å²) in [4.78, 5) is 25.6. The SMILES string of the molecule is Cc1nn(Cc2cccc(Cl)c2)cc1C(=O)N1CCC[C@@H](C(=O)O)C1. The van der Waals surface area contributed by atoms with Gasteiger partial charge < -0.3 is 10.0 Å². The Morgan fingerprint density at radius 1 is 1.40 bits per heavy atom. The molecule has 0 saturated carbocycles. The van der Waals surface area contributed by atoms with E-state index in [0.29, 0.717) is 42.2 Å². The van der Waals surface area contributed by atoms with Gasteiger partial charge in [0.05, 0.1) is 23.7 Å². The molecule has 1 aromatic heterocycles. The highest BCUT2D eigenvalue weighted by atomic mass is 35.5. The number of hydrogen-bond acceptors (Lipinski definition) is 3. The van der Waals surface area contributed by atoms with E-state index in [0.717, 1.165) is 5.56 Å². The van der Waals surface area contributed by atoms with Gasteiger partial charge in [-0.05, 0) is 37.5 Å². The molecule has 2 heterocycles. The maximum atomic E-state index is 12.8. The molecule has 6 nitrogen and oxygen atoms in total. The van der Waals surface area contributed by atoms with Crippen molar-refractivity contribution < 1.29 is 14.7 Å². The van der Waals surface area contributed by atoms with Crippen LogP contribution in [0.5, 0.6) is 0 Å². The molecule has 0 spiro atoms. The third-order valence-corrected chi connectivity index (χ3v) is 4.70. The van der Waals surface area contributed by atoms with Gasteiger partial charge in [0.15, 0.2) is 0 Å². The molecular weight excluding hydrogens is 342 g/mol. The van der Waals surface area contributed by atoms with Crippen LogP contribution in [0.25, 0.3) is 0 Å². The molecule has 25 heavy (non-hydrogen) atoms. The van der Waals surface area contributed by atoms with Crippen LogP contribution in [-0.2, 0) is 11.3 Å². The minimum atomic E-state index is -0.842. The van der Waals surface area contributed by atoms with Crippen molar-refractivity contribution in [2.24, 2.45) is 5.92 Å². The average molecular weight is 362 g/mol. The molecule has 3 rings (SSSR count). The second-order valence-electron chi connectivity index (χ2n) is 6.38. The molecule has 1 fully saturated rings. The standard InChI is InChI=1S/C18H20ClN3O3/c1-12-16(17(23)21-7-3-5-14(10-21)18(24)25)11-22(20-12)9-13-4-2-6-15(19)8-13/h2,4,6,8,11,14H,3,5,7,9-10H2,1H3,(H,24,25)/t14-/m1/s1. The number of aliphatic carboxylic acids is 1. The first kappa shape index (κ1) is 17.5. The van der Waals surface area contributed by atoms with Crippen molar-refractivity contribution in [3.63, 3.8) is 0 Å². The lowest BCUT2D eigenvalue weighted by Gasteiger charge is -2.30. The minimum absolute atomic E-state index is 0.152. The summed E-state index contributed by atoms with van der Waals surface area (Å²) in [6.07, 6.45) is 3.05.